The summed E-state index contributed by atoms with van der Waals surface area (Å²) in [6, 6.07) is 9.10. The van der Waals surface area contributed by atoms with Gasteiger partial charge in [-0.05, 0) is 43.2 Å². The lowest BCUT2D eigenvalue weighted by Gasteiger charge is -2.08. The number of nitrogens with zero attached hydrogens (tertiary/aromatic N) is 1. The third-order valence-electron chi connectivity index (χ3n) is 3.24. The lowest BCUT2D eigenvalue weighted by atomic mass is 10.2. The Bertz CT molecular complexity index is 622. The van der Waals surface area contributed by atoms with Crippen molar-refractivity contribution in [1.29, 1.82) is 0 Å². The number of benzene rings is 1. The Morgan fingerprint density at radius 3 is 2.29 bits per heavy atom. The average molecular weight is 332 g/mol. The van der Waals surface area contributed by atoms with Crippen LogP contribution in [0.2, 0.25) is 0 Å². The summed E-state index contributed by atoms with van der Waals surface area (Å²) in [5.41, 5.74) is 1.24. The average Bonchev–Trinajstić information content (AvgIpc) is 3.07. The molecule has 2 rings (SSSR count). The third-order valence-corrected chi connectivity index (χ3v) is 3.24. The number of nitrogens with one attached hydrogen (secondary N) is 1. The number of aromatic amines is 1. The topological polar surface area (TPSA) is 73.4 Å². The highest BCUT2D eigenvalue weighted by atomic mass is 16.6. The van der Waals surface area contributed by atoms with Crippen LogP contribution >= 0.6 is 0 Å². The summed E-state index contributed by atoms with van der Waals surface area (Å²) in [4.78, 5) is 11.8. The molecule has 1 aromatic carbocycles. The van der Waals surface area contributed by atoms with Gasteiger partial charge in [-0.2, -0.15) is 5.10 Å². The lowest BCUT2D eigenvalue weighted by molar-refractivity contribution is 0.0443. The van der Waals surface area contributed by atoms with E-state index >= 15 is 0 Å². The minimum atomic E-state index is -0.444. The van der Waals surface area contributed by atoms with Crippen LogP contribution in [0.3, 0.4) is 0 Å². The number of aryl methyl sites for hydroxylation is 1. The van der Waals surface area contributed by atoms with Gasteiger partial charge in [0.2, 0.25) is 0 Å². The van der Waals surface area contributed by atoms with Crippen LogP contribution in [0.15, 0.2) is 30.3 Å². The fraction of sp³-hybridized carbons (Fsp3) is 0.444. The molecule has 0 saturated carbocycles. The normalized spacial score (nSPS) is 10.4. The largest absolute Gasteiger partial charge is 0.494 e. The van der Waals surface area contributed by atoms with Crippen molar-refractivity contribution in [2.75, 3.05) is 19.8 Å². The van der Waals surface area contributed by atoms with Gasteiger partial charge in [-0.1, -0.05) is 20.3 Å². The molecule has 0 fully saturated rings. The second kappa shape index (κ2) is 9.60. The molecule has 0 aliphatic carbocycles. The van der Waals surface area contributed by atoms with Crippen LogP contribution in [0.25, 0.3) is 0 Å². The van der Waals surface area contributed by atoms with E-state index in [1.807, 2.05) is 24.3 Å². The molecule has 6 heteroatoms. The Hall–Kier alpha value is -2.50. The Labute approximate surface area is 142 Å². The molecular formula is C18H24N2O4. The van der Waals surface area contributed by atoms with Gasteiger partial charge in [-0.3, -0.25) is 5.10 Å². The van der Waals surface area contributed by atoms with Gasteiger partial charge in [0, 0.05) is 5.69 Å². The summed E-state index contributed by atoms with van der Waals surface area (Å²) in [7, 11) is 0. The third kappa shape index (κ3) is 5.61. The van der Waals surface area contributed by atoms with Crippen LogP contribution in [0, 0.1) is 0 Å². The molecule has 24 heavy (non-hydrogen) atoms. The Kier molecular flexibility index (Phi) is 7.14. The molecule has 0 radical (unpaired) electrons. The molecule has 0 saturated heterocycles. The van der Waals surface area contributed by atoms with Gasteiger partial charge >= 0.3 is 5.97 Å². The molecule has 0 aliphatic rings. The number of hydrogen-bond donors (Lipinski definition) is 1. The monoisotopic (exact) mass is 332 g/mol. The maximum Gasteiger partial charge on any atom is 0.358 e. The number of rotatable bonds is 10. The molecule has 2 aromatic rings. The van der Waals surface area contributed by atoms with Crippen molar-refractivity contribution >= 4 is 5.97 Å². The molecule has 1 N–H and O–H groups in total. The quantitative estimate of drug-likeness (QED) is 0.533. The fourth-order valence-electron chi connectivity index (χ4n) is 2.08. The highest BCUT2D eigenvalue weighted by Gasteiger charge is 2.11. The van der Waals surface area contributed by atoms with E-state index in [0.29, 0.717) is 18.1 Å². The zero-order valence-corrected chi connectivity index (χ0v) is 14.2. The van der Waals surface area contributed by atoms with E-state index in [2.05, 4.69) is 24.0 Å². The Morgan fingerprint density at radius 1 is 1.00 bits per heavy atom. The van der Waals surface area contributed by atoms with E-state index < -0.39 is 5.97 Å². The van der Waals surface area contributed by atoms with Gasteiger partial charge in [0.05, 0.1) is 6.61 Å². The number of carbonyl (C=O) groups excluding carboxylic acids is 1. The van der Waals surface area contributed by atoms with E-state index in [0.717, 1.165) is 30.7 Å². The van der Waals surface area contributed by atoms with Crippen molar-refractivity contribution in [2.45, 2.75) is 33.1 Å². The van der Waals surface area contributed by atoms with Crippen LogP contribution in [-0.4, -0.2) is 36.0 Å². The second-order valence-corrected chi connectivity index (χ2v) is 5.33. The van der Waals surface area contributed by atoms with Crippen molar-refractivity contribution in [1.82, 2.24) is 10.2 Å². The molecule has 0 amide bonds. The molecule has 0 atom stereocenters. The smallest absolute Gasteiger partial charge is 0.358 e. The first kappa shape index (κ1) is 17.8. The molecule has 130 valence electrons. The molecule has 1 aromatic heterocycles. The van der Waals surface area contributed by atoms with E-state index in [9.17, 15) is 4.79 Å². The summed E-state index contributed by atoms with van der Waals surface area (Å²) in [6.07, 6.45) is 2.83. The number of H-pyrrole nitrogens is 1. The Balaban J connectivity index is 1.69. The van der Waals surface area contributed by atoms with E-state index in [1.165, 1.54) is 0 Å². The molecular weight excluding hydrogens is 308 g/mol. The predicted molar refractivity (Wildman–Crippen MR) is 90.6 cm³/mol. The number of carbonyl (C=O) groups is 1. The summed E-state index contributed by atoms with van der Waals surface area (Å²) < 4.78 is 16.2. The van der Waals surface area contributed by atoms with Crippen molar-refractivity contribution < 1.29 is 19.0 Å². The zero-order chi connectivity index (χ0) is 17.2. The highest BCUT2D eigenvalue weighted by Crippen LogP contribution is 2.17. The maximum absolute atomic E-state index is 11.8. The number of aromatic nitrogens is 2. The van der Waals surface area contributed by atoms with E-state index in [4.69, 9.17) is 14.2 Å². The SMILES string of the molecule is CCCOc1ccc(OCCOC(=O)c2cc(CCC)[nH]n2)cc1. The Morgan fingerprint density at radius 2 is 1.67 bits per heavy atom. The van der Waals surface area contributed by atoms with Gasteiger partial charge in [-0.25, -0.2) is 4.79 Å². The molecule has 1 heterocycles. The number of ether oxygens (including phenoxy) is 3. The van der Waals surface area contributed by atoms with Crippen LogP contribution in [-0.2, 0) is 11.2 Å². The molecule has 0 spiro atoms. The summed E-state index contributed by atoms with van der Waals surface area (Å²) in [5.74, 6) is 1.08. The summed E-state index contributed by atoms with van der Waals surface area (Å²) in [5, 5.41) is 6.78. The van der Waals surface area contributed by atoms with Crippen molar-refractivity contribution in [3.05, 3.63) is 41.7 Å². The molecule has 6 nitrogen and oxygen atoms in total. The lowest BCUT2D eigenvalue weighted by Crippen LogP contribution is -2.12. The summed E-state index contributed by atoms with van der Waals surface area (Å²) >= 11 is 0. The van der Waals surface area contributed by atoms with Crippen LogP contribution in [0.5, 0.6) is 11.5 Å². The predicted octanol–water partition coefficient (Wildman–Crippen LogP) is 3.39. The summed E-state index contributed by atoms with van der Waals surface area (Å²) in [6.45, 7) is 5.28. The second-order valence-electron chi connectivity index (χ2n) is 5.33. The molecule has 0 aliphatic heterocycles. The van der Waals surface area contributed by atoms with E-state index in [1.54, 1.807) is 6.07 Å². The van der Waals surface area contributed by atoms with Gasteiger partial charge in [-0.15, -0.1) is 0 Å². The number of hydrogen-bond acceptors (Lipinski definition) is 5. The van der Waals surface area contributed by atoms with Gasteiger partial charge < -0.3 is 14.2 Å². The van der Waals surface area contributed by atoms with Crippen LogP contribution < -0.4 is 9.47 Å². The first-order valence-electron chi connectivity index (χ1n) is 8.30. The van der Waals surface area contributed by atoms with Crippen LogP contribution in [0.4, 0.5) is 0 Å². The van der Waals surface area contributed by atoms with Crippen molar-refractivity contribution in [2.24, 2.45) is 0 Å². The standard InChI is InChI=1S/C18H24N2O4/c1-3-5-14-13-17(20-19-14)18(21)24-12-11-23-16-8-6-15(7-9-16)22-10-4-2/h6-9,13H,3-5,10-12H2,1-2H3,(H,19,20). The first-order valence-corrected chi connectivity index (χ1v) is 8.30. The van der Waals surface area contributed by atoms with Crippen LogP contribution in [0.1, 0.15) is 42.9 Å². The molecule has 0 unspecified atom stereocenters. The van der Waals surface area contributed by atoms with Gasteiger partial charge in [0.25, 0.3) is 0 Å². The first-order chi connectivity index (χ1) is 11.7. The minimum absolute atomic E-state index is 0.170. The molecule has 0 bridgehead atoms. The van der Waals surface area contributed by atoms with E-state index in [-0.39, 0.29) is 13.2 Å². The zero-order valence-electron chi connectivity index (χ0n) is 14.2. The maximum atomic E-state index is 11.8. The van der Waals surface area contributed by atoms with Crippen molar-refractivity contribution in [3.8, 4) is 11.5 Å². The fourth-order valence-corrected chi connectivity index (χ4v) is 2.08. The highest BCUT2D eigenvalue weighted by molar-refractivity contribution is 5.87. The minimum Gasteiger partial charge on any atom is -0.494 e. The van der Waals surface area contributed by atoms with Gasteiger partial charge in [0.15, 0.2) is 5.69 Å². The number of esters is 1. The van der Waals surface area contributed by atoms with Gasteiger partial charge in [0.1, 0.15) is 24.7 Å². The van der Waals surface area contributed by atoms with Crippen molar-refractivity contribution in [3.63, 3.8) is 0 Å².